The highest BCUT2D eigenvalue weighted by molar-refractivity contribution is 5.77. The van der Waals surface area contributed by atoms with Gasteiger partial charge in [0.15, 0.2) is 0 Å². The minimum absolute atomic E-state index is 0.0650. The predicted octanol–water partition coefficient (Wildman–Crippen LogP) is 15.9. The van der Waals surface area contributed by atoms with Crippen LogP contribution in [0.5, 0.6) is 0 Å². The average molecular weight is 846 g/mol. The maximum absolute atomic E-state index is 13.2. The Kier molecular flexibility index (Phi) is 47.0. The normalized spacial score (nSPS) is 13.3. The molecule has 0 heterocycles. The van der Waals surface area contributed by atoms with Gasteiger partial charge in [0.2, 0.25) is 5.91 Å². The highest BCUT2D eigenvalue weighted by Gasteiger charge is 2.24. The number of unbranched alkanes of at least 4 members (excludes halogenated alkanes) is 32. The third-order valence-electron chi connectivity index (χ3n) is 12.3. The van der Waals surface area contributed by atoms with Crippen molar-refractivity contribution in [3.8, 4) is 0 Å². The zero-order valence-electron chi connectivity index (χ0n) is 40.4. The first-order chi connectivity index (χ1) is 29.5. The van der Waals surface area contributed by atoms with Crippen LogP contribution >= 0.6 is 0 Å². The number of ether oxygens (including phenoxy) is 1. The van der Waals surface area contributed by atoms with Gasteiger partial charge in [0, 0.05) is 6.42 Å². The molecule has 0 fully saturated rings. The second kappa shape index (κ2) is 48.4. The molecular formula is C54H103NO5. The molecule has 0 aromatic heterocycles. The lowest BCUT2D eigenvalue weighted by molar-refractivity contribution is -0.151. The Bertz CT molecular complexity index is 950. The van der Waals surface area contributed by atoms with Crippen molar-refractivity contribution in [2.75, 3.05) is 6.61 Å². The number of rotatable bonds is 48. The molecule has 3 N–H and O–H groups in total. The number of hydrogen-bond donors (Lipinski definition) is 3. The first kappa shape index (κ1) is 58.3. The molecule has 0 rings (SSSR count). The van der Waals surface area contributed by atoms with Gasteiger partial charge in [-0.3, -0.25) is 9.59 Å². The van der Waals surface area contributed by atoms with Crippen molar-refractivity contribution >= 4 is 11.9 Å². The van der Waals surface area contributed by atoms with Crippen molar-refractivity contribution < 1.29 is 24.5 Å². The zero-order valence-corrected chi connectivity index (χ0v) is 40.4. The van der Waals surface area contributed by atoms with E-state index in [-0.39, 0.29) is 24.9 Å². The van der Waals surface area contributed by atoms with Gasteiger partial charge in [-0.2, -0.15) is 0 Å². The van der Waals surface area contributed by atoms with Crippen molar-refractivity contribution in [3.63, 3.8) is 0 Å². The molecular weight excluding hydrogens is 743 g/mol. The fourth-order valence-electron chi connectivity index (χ4n) is 8.19. The van der Waals surface area contributed by atoms with Gasteiger partial charge in [-0.15, -0.1) is 0 Å². The average Bonchev–Trinajstić information content (AvgIpc) is 3.24. The molecule has 0 saturated heterocycles. The topological polar surface area (TPSA) is 95.9 Å². The first-order valence-corrected chi connectivity index (χ1v) is 26.6. The molecule has 0 aliphatic rings. The van der Waals surface area contributed by atoms with Crippen LogP contribution in [-0.4, -0.2) is 46.9 Å². The van der Waals surface area contributed by atoms with Gasteiger partial charge in [-0.25, -0.2) is 0 Å². The monoisotopic (exact) mass is 846 g/mol. The lowest BCUT2D eigenvalue weighted by atomic mass is 10.0. The van der Waals surface area contributed by atoms with Gasteiger partial charge >= 0.3 is 5.97 Å². The summed E-state index contributed by atoms with van der Waals surface area (Å²) in [5.74, 6) is -0.496. The van der Waals surface area contributed by atoms with E-state index in [0.29, 0.717) is 19.3 Å². The maximum atomic E-state index is 13.2. The second-order valence-corrected chi connectivity index (χ2v) is 18.3. The number of aliphatic hydroxyl groups is 2. The molecule has 3 unspecified atom stereocenters. The molecule has 0 spiro atoms. The van der Waals surface area contributed by atoms with Crippen LogP contribution in [0.3, 0.4) is 0 Å². The third kappa shape index (κ3) is 43.0. The highest BCUT2D eigenvalue weighted by Crippen LogP contribution is 2.18. The van der Waals surface area contributed by atoms with E-state index in [1.54, 1.807) is 0 Å². The van der Waals surface area contributed by atoms with E-state index in [1.807, 2.05) is 0 Å². The molecule has 6 heteroatoms. The van der Waals surface area contributed by atoms with Crippen molar-refractivity contribution in [3.05, 3.63) is 24.3 Å². The molecule has 6 nitrogen and oxygen atoms in total. The first-order valence-electron chi connectivity index (χ1n) is 26.6. The third-order valence-corrected chi connectivity index (χ3v) is 12.3. The number of hydrogen-bond acceptors (Lipinski definition) is 5. The van der Waals surface area contributed by atoms with Crippen LogP contribution in [0.2, 0.25) is 0 Å². The predicted molar refractivity (Wildman–Crippen MR) is 260 cm³/mol. The summed E-state index contributed by atoms with van der Waals surface area (Å²) in [7, 11) is 0. The Labute approximate surface area is 373 Å². The zero-order chi connectivity index (χ0) is 43.8. The van der Waals surface area contributed by atoms with E-state index < -0.39 is 18.2 Å². The molecule has 3 atom stereocenters. The number of esters is 1. The van der Waals surface area contributed by atoms with Crippen molar-refractivity contribution in [1.29, 1.82) is 0 Å². The standard InChI is InChI=1S/C54H103NO5/c1-4-7-10-13-16-19-22-25-28-30-33-36-39-42-45-50(60-54(59)47-44-41-38-35-32-27-24-21-18-15-12-9-6-3)48-53(58)55-51(49-56)52(57)46-43-40-37-34-31-29-26-23-20-17-14-11-8-5-2/h27-28,30,32,50-52,56-57H,4-26,29,31,33-49H2,1-3H3,(H,55,58)/b30-28+,32-27-. The number of nitrogens with one attached hydrogen (secondary N) is 1. The van der Waals surface area contributed by atoms with Crippen LogP contribution < -0.4 is 5.32 Å². The summed E-state index contributed by atoms with van der Waals surface area (Å²) in [6, 6.07) is -0.705. The molecule has 0 aliphatic carbocycles. The van der Waals surface area contributed by atoms with Gasteiger partial charge in [0.1, 0.15) is 6.10 Å². The summed E-state index contributed by atoms with van der Waals surface area (Å²) in [6.07, 6.45) is 55.2. The quantitative estimate of drug-likeness (QED) is 0.0322. The van der Waals surface area contributed by atoms with Crippen molar-refractivity contribution in [1.82, 2.24) is 5.32 Å². The van der Waals surface area contributed by atoms with E-state index in [1.165, 1.54) is 173 Å². The largest absolute Gasteiger partial charge is 0.462 e. The van der Waals surface area contributed by atoms with E-state index in [0.717, 1.165) is 64.2 Å². The van der Waals surface area contributed by atoms with Gasteiger partial charge in [-0.05, 0) is 77.0 Å². The summed E-state index contributed by atoms with van der Waals surface area (Å²) < 4.78 is 5.92. The number of allylic oxidation sites excluding steroid dienone is 4. The smallest absolute Gasteiger partial charge is 0.306 e. The maximum Gasteiger partial charge on any atom is 0.306 e. The van der Waals surface area contributed by atoms with Crippen LogP contribution in [0.25, 0.3) is 0 Å². The summed E-state index contributed by atoms with van der Waals surface area (Å²) in [4.78, 5) is 26.1. The molecule has 0 saturated carbocycles. The Morgan fingerprint density at radius 3 is 1.20 bits per heavy atom. The second-order valence-electron chi connectivity index (χ2n) is 18.3. The summed E-state index contributed by atoms with van der Waals surface area (Å²) in [5.41, 5.74) is 0. The SMILES string of the molecule is CCCCCCCC/C=C\CCCCCC(=O)OC(CCCCC/C=C/CCCCCCCCC)CC(=O)NC(CO)C(O)CCCCCCCCCCCCCCCC. The molecule has 0 aromatic rings. The van der Waals surface area contributed by atoms with Crippen LogP contribution in [0.15, 0.2) is 24.3 Å². The van der Waals surface area contributed by atoms with E-state index in [4.69, 9.17) is 4.74 Å². The number of carbonyl (C=O) groups is 2. The Balaban J connectivity index is 4.58. The summed E-state index contributed by atoms with van der Waals surface area (Å²) in [5, 5.41) is 23.8. The van der Waals surface area contributed by atoms with E-state index in [9.17, 15) is 19.8 Å². The molecule has 1 amide bonds. The molecule has 354 valence electrons. The lowest BCUT2D eigenvalue weighted by Crippen LogP contribution is -2.46. The fourth-order valence-corrected chi connectivity index (χ4v) is 8.19. The molecule has 0 radical (unpaired) electrons. The van der Waals surface area contributed by atoms with Crippen LogP contribution in [0.1, 0.15) is 284 Å². The summed E-state index contributed by atoms with van der Waals surface area (Å²) >= 11 is 0. The van der Waals surface area contributed by atoms with Gasteiger partial charge < -0.3 is 20.3 Å². The fraction of sp³-hybridized carbons (Fsp3) is 0.889. The number of aliphatic hydroxyl groups excluding tert-OH is 2. The highest BCUT2D eigenvalue weighted by atomic mass is 16.5. The van der Waals surface area contributed by atoms with E-state index >= 15 is 0 Å². The van der Waals surface area contributed by atoms with Crippen molar-refractivity contribution in [2.24, 2.45) is 0 Å². The Hall–Kier alpha value is -1.66. The Morgan fingerprint density at radius 2 is 0.800 bits per heavy atom. The number of carbonyl (C=O) groups excluding carboxylic acids is 2. The minimum Gasteiger partial charge on any atom is -0.462 e. The van der Waals surface area contributed by atoms with Gasteiger partial charge in [0.05, 0.1) is 25.2 Å². The minimum atomic E-state index is -0.790. The number of amides is 1. The molecule has 0 aromatic carbocycles. The Morgan fingerprint density at radius 1 is 0.467 bits per heavy atom. The van der Waals surface area contributed by atoms with Crippen LogP contribution in [-0.2, 0) is 14.3 Å². The molecule has 0 aliphatic heterocycles. The lowest BCUT2D eigenvalue weighted by Gasteiger charge is -2.24. The van der Waals surface area contributed by atoms with Crippen LogP contribution in [0, 0.1) is 0 Å². The van der Waals surface area contributed by atoms with E-state index in [2.05, 4.69) is 50.4 Å². The summed E-state index contributed by atoms with van der Waals surface area (Å²) in [6.45, 7) is 6.48. The molecule has 0 bridgehead atoms. The van der Waals surface area contributed by atoms with Gasteiger partial charge in [-0.1, -0.05) is 218 Å². The van der Waals surface area contributed by atoms with Gasteiger partial charge in [0.25, 0.3) is 0 Å². The molecule has 60 heavy (non-hydrogen) atoms. The van der Waals surface area contributed by atoms with Crippen molar-refractivity contribution in [2.45, 2.75) is 302 Å². The van der Waals surface area contributed by atoms with Crippen LogP contribution in [0.4, 0.5) is 0 Å².